The Morgan fingerprint density at radius 2 is 2.33 bits per heavy atom. The topological polar surface area (TPSA) is 37.3 Å². The molecule has 1 rings (SSSR count). The molecule has 0 spiro atoms. The Morgan fingerprint density at radius 3 is 2.92 bits per heavy atom. The third-order valence-electron chi connectivity index (χ3n) is 2.73. The molecule has 12 heavy (non-hydrogen) atoms. The first-order valence-electron chi connectivity index (χ1n) is 4.65. The summed E-state index contributed by atoms with van der Waals surface area (Å²) in [5.74, 6) is 0.420. The Balaban J connectivity index is 2.45. The van der Waals surface area contributed by atoms with E-state index in [9.17, 15) is 4.79 Å². The van der Waals surface area contributed by atoms with Gasteiger partial charge < -0.3 is 5.11 Å². The van der Waals surface area contributed by atoms with Crippen molar-refractivity contribution in [1.82, 2.24) is 0 Å². The van der Waals surface area contributed by atoms with Crippen LogP contribution in [-0.4, -0.2) is 11.1 Å². The van der Waals surface area contributed by atoms with Gasteiger partial charge >= 0.3 is 5.97 Å². The quantitative estimate of drug-likeness (QED) is 0.657. The lowest BCUT2D eigenvalue weighted by molar-refractivity contribution is -0.131. The first kappa shape index (κ1) is 9.30. The van der Waals surface area contributed by atoms with Crippen LogP contribution in [0.15, 0.2) is 12.2 Å². The molecule has 0 bridgehead atoms. The molecule has 0 aliphatic heterocycles. The van der Waals surface area contributed by atoms with Crippen molar-refractivity contribution in [2.24, 2.45) is 11.8 Å². The Morgan fingerprint density at radius 1 is 1.58 bits per heavy atom. The average molecular weight is 168 g/mol. The number of rotatable bonds is 3. The summed E-state index contributed by atoms with van der Waals surface area (Å²) in [6.45, 7) is 2.18. The Kier molecular flexibility index (Phi) is 3.32. The predicted octanol–water partition coefficient (Wildman–Crippen LogP) is 2.45. The van der Waals surface area contributed by atoms with Gasteiger partial charge in [0.2, 0.25) is 0 Å². The van der Waals surface area contributed by atoms with Gasteiger partial charge in [-0.1, -0.05) is 25.8 Å². The maximum Gasteiger partial charge on any atom is 0.327 e. The van der Waals surface area contributed by atoms with Crippen LogP contribution in [0, 0.1) is 11.8 Å². The number of hydrogen-bond acceptors (Lipinski definition) is 1. The molecule has 68 valence electrons. The van der Waals surface area contributed by atoms with Crippen molar-refractivity contribution >= 4 is 5.97 Å². The normalized spacial score (nSPS) is 29.8. The molecular formula is C10H16O2. The second kappa shape index (κ2) is 4.29. The van der Waals surface area contributed by atoms with Crippen LogP contribution in [0.5, 0.6) is 0 Å². The number of aliphatic carboxylic acids is 1. The molecule has 0 saturated heterocycles. The zero-order valence-electron chi connectivity index (χ0n) is 7.49. The highest BCUT2D eigenvalue weighted by molar-refractivity contribution is 5.79. The lowest BCUT2D eigenvalue weighted by atomic mass is 9.93. The van der Waals surface area contributed by atoms with E-state index < -0.39 is 5.97 Å². The second-order valence-electron chi connectivity index (χ2n) is 3.46. The summed E-state index contributed by atoms with van der Waals surface area (Å²) in [5, 5.41) is 8.45. The lowest BCUT2D eigenvalue weighted by Gasteiger charge is -2.12. The van der Waals surface area contributed by atoms with E-state index >= 15 is 0 Å². The molecule has 2 unspecified atom stereocenters. The van der Waals surface area contributed by atoms with Crippen molar-refractivity contribution in [3.63, 3.8) is 0 Å². The summed E-state index contributed by atoms with van der Waals surface area (Å²) in [7, 11) is 0. The van der Waals surface area contributed by atoms with E-state index in [1.807, 2.05) is 6.08 Å². The second-order valence-corrected chi connectivity index (χ2v) is 3.46. The highest BCUT2D eigenvalue weighted by atomic mass is 16.4. The van der Waals surface area contributed by atoms with Crippen molar-refractivity contribution in [1.29, 1.82) is 0 Å². The number of carbonyl (C=O) groups is 1. The molecular weight excluding hydrogens is 152 g/mol. The molecule has 2 nitrogen and oxygen atoms in total. The molecule has 0 amide bonds. The number of carboxylic acid groups (broad SMARTS) is 1. The zero-order valence-corrected chi connectivity index (χ0v) is 7.49. The van der Waals surface area contributed by atoms with Crippen molar-refractivity contribution in [3.05, 3.63) is 12.2 Å². The minimum absolute atomic E-state index is 0.520. The highest BCUT2D eigenvalue weighted by Gasteiger charge is 2.23. The highest BCUT2D eigenvalue weighted by Crippen LogP contribution is 2.34. The van der Waals surface area contributed by atoms with E-state index in [0.717, 1.165) is 5.92 Å². The van der Waals surface area contributed by atoms with Gasteiger partial charge in [0.25, 0.3) is 0 Å². The van der Waals surface area contributed by atoms with Crippen LogP contribution < -0.4 is 0 Å². The third-order valence-corrected chi connectivity index (χ3v) is 2.73. The Hall–Kier alpha value is -0.790. The van der Waals surface area contributed by atoms with Gasteiger partial charge in [0.05, 0.1) is 0 Å². The summed E-state index contributed by atoms with van der Waals surface area (Å²) in [5.41, 5.74) is 0. The molecule has 0 aromatic carbocycles. The minimum atomic E-state index is -0.822. The van der Waals surface area contributed by atoms with Crippen LogP contribution in [0.4, 0.5) is 0 Å². The third kappa shape index (κ3) is 2.36. The molecule has 0 heterocycles. The molecule has 1 aliphatic carbocycles. The van der Waals surface area contributed by atoms with Gasteiger partial charge in [0, 0.05) is 6.08 Å². The molecule has 0 aromatic heterocycles. The first-order chi connectivity index (χ1) is 5.74. The standard InChI is InChI=1S/C10H16O2/c1-2-8-4-3-5-9(8)6-7-10(11)12/h6-9H,2-5H2,1H3,(H,11,12). The Bertz CT molecular complexity index is 184. The zero-order chi connectivity index (χ0) is 8.97. The fourth-order valence-electron chi connectivity index (χ4n) is 2.03. The van der Waals surface area contributed by atoms with Gasteiger partial charge in [0.15, 0.2) is 0 Å². The van der Waals surface area contributed by atoms with Crippen LogP contribution in [0.25, 0.3) is 0 Å². The van der Waals surface area contributed by atoms with E-state index in [1.54, 1.807) is 0 Å². The van der Waals surface area contributed by atoms with Crippen LogP contribution >= 0.6 is 0 Å². The van der Waals surface area contributed by atoms with Gasteiger partial charge in [-0.3, -0.25) is 0 Å². The summed E-state index contributed by atoms with van der Waals surface area (Å²) in [6.07, 6.45) is 8.03. The maximum atomic E-state index is 10.3. The fourth-order valence-corrected chi connectivity index (χ4v) is 2.03. The van der Waals surface area contributed by atoms with Crippen molar-refractivity contribution < 1.29 is 9.90 Å². The van der Waals surface area contributed by atoms with Gasteiger partial charge in [-0.05, 0) is 24.7 Å². The van der Waals surface area contributed by atoms with Gasteiger partial charge in [0.1, 0.15) is 0 Å². The maximum absolute atomic E-state index is 10.3. The van der Waals surface area contributed by atoms with Crippen LogP contribution in [0.3, 0.4) is 0 Å². The molecule has 0 radical (unpaired) electrons. The van der Waals surface area contributed by atoms with Gasteiger partial charge in [-0.2, -0.15) is 0 Å². The lowest BCUT2D eigenvalue weighted by Crippen LogP contribution is -2.04. The molecule has 1 aliphatic rings. The van der Waals surface area contributed by atoms with E-state index in [0.29, 0.717) is 5.92 Å². The molecule has 0 aromatic rings. The first-order valence-corrected chi connectivity index (χ1v) is 4.65. The van der Waals surface area contributed by atoms with E-state index in [1.165, 1.54) is 31.8 Å². The average Bonchev–Trinajstić information content (AvgIpc) is 2.47. The minimum Gasteiger partial charge on any atom is -0.478 e. The van der Waals surface area contributed by atoms with Crippen LogP contribution in [-0.2, 0) is 4.79 Å². The van der Waals surface area contributed by atoms with Crippen molar-refractivity contribution in [2.45, 2.75) is 32.6 Å². The molecule has 1 fully saturated rings. The van der Waals surface area contributed by atoms with Gasteiger partial charge in [-0.25, -0.2) is 4.79 Å². The number of carboxylic acids is 1. The smallest absolute Gasteiger partial charge is 0.327 e. The van der Waals surface area contributed by atoms with Crippen molar-refractivity contribution in [3.8, 4) is 0 Å². The SMILES string of the molecule is CCC1CCCC1C=CC(=O)O. The number of allylic oxidation sites excluding steroid dienone is 1. The molecule has 2 heteroatoms. The summed E-state index contributed by atoms with van der Waals surface area (Å²) < 4.78 is 0. The summed E-state index contributed by atoms with van der Waals surface area (Å²) >= 11 is 0. The Labute approximate surface area is 73.3 Å². The van der Waals surface area contributed by atoms with Crippen LogP contribution in [0.2, 0.25) is 0 Å². The van der Waals surface area contributed by atoms with Crippen LogP contribution in [0.1, 0.15) is 32.6 Å². The molecule has 1 N–H and O–H groups in total. The van der Waals surface area contributed by atoms with E-state index in [2.05, 4.69) is 6.92 Å². The van der Waals surface area contributed by atoms with E-state index in [-0.39, 0.29) is 0 Å². The summed E-state index contributed by atoms with van der Waals surface area (Å²) in [4.78, 5) is 10.3. The van der Waals surface area contributed by atoms with Gasteiger partial charge in [-0.15, -0.1) is 0 Å². The fraction of sp³-hybridized carbons (Fsp3) is 0.700. The van der Waals surface area contributed by atoms with Crippen molar-refractivity contribution in [2.75, 3.05) is 0 Å². The number of hydrogen-bond donors (Lipinski definition) is 1. The largest absolute Gasteiger partial charge is 0.478 e. The van der Waals surface area contributed by atoms with E-state index in [4.69, 9.17) is 5.11 Å². The monoisotopic (exact) mass is 168 g/mol. The predicted molar refractivity (Wildman–Crippen MR) is 47.9 cm³/mol. The molecule has 1 saturated carbocycles. The summed E-state index contributed by atoms with van der Waals surface area (Å²) in [6, 6.07) is 0. The molecule has 2 atom stereocenters.